The number of pyridine rings is 1. The molecule has 0 unspecified atom stereocenters. The van der Waals surface area contributed by atoms with Crippen LogP contribution in [0.1, 0.15) is 34.6 Å². The van der Waals surface area contributed by atoms with E-state index in [4.69, 9.17) is 9.47 Å². The number of aromatic nitrogens is 2. The first kappa shape index (κ1) is 19.3. The van der Waals surface area contributed by atoms with Gasteiger partial charge in [0.05, 0.1) is 19.9 Å². The highest BCUT2D eigenvalue weighted by atomic mass is 16.5. The van der Waals surface area contributed by atoms with E-state index in [2.05, 4.69) is 10.3 Å². The molecule has 0 atom stereocenters. The smallest absolute Gasteiger partial charge is 0.274 e. The summed E-state index contributed by atoms with van der Waals surface area (Å²) in [7, 11) is 3.28. The summed E-state index contributed by atoms with van der Waals surface area (Å²) in [6.45, 7) is 2.74. The Kier molecular flexibility index (Phi) is 5.67. The van der Waals surface area contributed by atoms with Crippen molar-refractivity contribution in [1.29, 1.82) is 0 Å². The number of imidazole rings is 1. The molecule has 0 radical (unpaired) electrons. The fraction of sp³-hybridized carbons (Fsp3) is 0.364. The lowest BCUT2D eigenvalue weighted by Gasteiger charge is -2.15. The summed E-state index contributed by atoms with van der Waals surface area (Å²) in [6, 6.07) is 11.6. The standard InChI is InChI=1S/C22H26N4O3/c1-28-17-9-8-16(19(13-17)29-2)14-23-15-18-21(22(27)25-10-5-6-11-25)24-20-7-3-4-12-26(18)20/h3-4,7-9,12-13,23H,5-6,10-11,14-15H2,1-2H3. The van der Waals surface area contributed by atoms with E-state index in [9.17, 15) is 4.79 Å². The number of fused-ring (bicyclic) bond motifs is 1. The van der Waals surface area contributed by atoms with Gasteiger partial charge in [0.15, 0.2) is 5.69 Å². The predicted octanol–water partition coefficient (Wildman–Crippen LogP) is 2.88. The van der Waals surface area contributed by atoms with Crippen LogP contribution in [0.3, 0.4) is 0 Å². The van der Waals surface area contributed by atoms with Crippen molar-refractivity contribution in [3.63, 3.8) is 0 Å². The summed E-state index contributed by atoms with van der Waals surface area (Å²) >= 11 is 0. The van der Waals surface area contributed by atoms with E-state index in [1.807, 2.05) is 51.9 Å². The number of rotatable bonds is 7. The third-order valence-electron chi connectivity index (χ3n) is 5.33. The van der Waals surface area contributed by atoms with Crippen LogP contribution in [0.15, 0.2) is 42.6 Å². The largest absolute Gasteiger partial charge is 0.497 e. The van der Waals surface area contributed by atoms with Gasteiger partial charge in [0, 0.05) is 44.0 Å². The van der Waals surface area contributed by atoms with E-state index in [1.54, 1.807) is 14.2 Å². The Morgan fingerprint density at radius 2 is 1.93 bits per heavy atom. The first-order chi connectivity index (χ1) is 14.2. The number of nitrogens with zero attached hydrogens (tertiary/aromatic N) is 3. The van der Waals surface area contributed by atoms with E-state index < -0.39 is 0 Å². The maximum atomic E-state index is 13.0. The van der Waals surface area contributed by atoms with Crippen molar-refractivity contribution >= 4 is 11.6 Å². The summed E-state index contributed by atoms with van der Waals surface area (Å²) in [5.74, 6) is 1.54. The number of nitrogens with one attached hydrogen (secondary N) is 1. The van der Waals surface area contributed by atoms with E-state index in [0.29, 0.717) is 18.8 Å². The zero-order valence-electron chi connectivity index (χ0n) is 16.9. The number of carbonyl (C=O) groups is 1. The number of methoxy groups -OCH3 is 2. The maximum Gasteiger partial charge on any atom is 0.274 e. The van der Waals surface area contributed by atoms with Crippen LogP contribution in [0.25, 0.3) is 5.65 Å². The molecule has 2 aromatic heterocycles. The molecule has 0 spiro atoms. The van der Waals surface area contributed by atoms with Crippen LogP contribution in [0.2, 0.25) is 0 Å². The number of hydrogen-bond donors (Lipinski definition) is 1. The Morgan fingerprint density at radius 1 is 1.10 bits per heavy atom. The third kappa shape index (κ3) is 3.91. The van der Waals surface area contributed by atoms with Crippen molar-refractivity contribution in [3.8, 4) is 11.5 Å². The normalized spacial score (nSPS) is 13.8. The molecule has 152 valence electrons. The molecule has 1 fully saturated rings. The number of likely N-dealkylation sites (tertiary alicyclic amines) is 1. The molecule has 1 aliphatic heterocycles. The van der Waals surface area contributed by atoms with Crippen LogP contribution in [-0.2, 0) is 13.1 Å². The van der Waals surface area contributed by atoms with Crippen molar-refractivity contribution in [2.75, 3.05) is 27.3 Å². The van der Waals surface area contributed by atoms with Gasteiger partial charge < -0.3 is 24.1 Å². The van der Waals surface area contributed by atoms with Gasteiger partial charge in [-0.25, -0.2) is 4.98 Å². The predicted molar refractivity (Wildman–Crippen MR) is 110 cm³/mol. The minimum atomic E-state index is 0.0185. The fourth-order valence-corrected chi connectivity index (χ4v) is 3.77. The van der Waals surface area contributed by atoms with Crippen LogP contribution in [0.5, 0.6) is 11.5 Å². The van der Waals surface area contributed by atoms with Gasteiger partial charge in [0.25, 0.3) is 5.91 Å². The highest BCUT2D eigenvalue weighted by molar-refractivity contribution is 5.94. The van der Waals surface area contributed by atoms with Gasteiger partial charge in [0.1, 0.15) is 17.1 Å². The van der Waals surface area contributed by atoms with E-state index >= 15 is 0 Å². The van der Waals surface area contributed by atoms with Gasteiger partial charge in [-0.05, 0) is 31.0 Å². The molecule has 0 saturated carbocycles. The molecule has 1 saturated heterocycles. The molecule has 1 aromatic carbocycles. The lowest BCUT2D eigenvalue weighted by atomic mass is 10.2. The van der Waals surface area contributed by atoms with Crippen molar-refractivity contribution in [1.82, 2.24) is 19.6 Å². The van der Waals surface area contributed by atoms with Gasteiger partial charge in [-0.1, -0.05) is 12.1 Å². The summed E-state index contributed by atoms with van der Waals surface area (Å²) < 4.78 is 12.7. The quantitative estimate of drug-likeness (QED) is 0.667. The minimum Gasteiger partial charge on any atom is -0.497 e. The van der Waals surface area contributed by atoms with Crippen molar-refractivity contribution in [2.24, 2.45) is 0 Å². The molecule has 7 nitrogen and oxygen atoms in total. The Morgan fingerprint density at radius 3 is 2.69 bits per heavy atom. The zero-order valence-corrected chi connectivity index (χ0v) is 16.9. The van der Waals surface area contributed by atoms with Crippen molar-refractivity contribution < 1.29 is 14.3 Å². The molecule has 1 N–H and O–H groups in total. The lowest BCUT2D eigenvalue weighted by molar-refractivity contribution is 0.0786. The summed E-state index contributed by atoms with van der Waals surface area (Å²) in [6.07, 6.45) is 4.07. The average Bonchev–Trinajstić information content (AvgIpc) is 3.42. The highest BCUT2D eigenvalue weighted by Crippen LogP contribution is 2.25. The van der Waals surface area contributed by atoms with Crippen LogP contribution in [0, 0.1) is 0 Å². The van der Waals surface area contributed by atoms with Gasteiger partial charge in [-0.3, -0.25) is 4.79 Å². The first-order valence-electron chi connectivity index (χ1n) is 9.88. The Balaban J connectivity index is 1.56. The summed E-state index contributed by atoms with van der Waals surface area (Å²) in [4.78, 5) is 19.6. The molecule has 3 aromatic rings. The monoisotopic (exact) mass is 394 g/mol. The lowest BCUT2D eigenvalue weighted by Crippen LogP contribution is -2.29. The van der Waals surface area contributed by atoms with Crippen molar-refractivity contribution in [2.45, 2.75) is 25.9 Å². The number of amides is 1. The van der Waals surface area contributed by atoms with Gasteiger partial charge in [-0.15, -0.1) is 0 Å². The van der Waals surface area contributed by atoms with Crippen LogP contribution in [0.4, 0.5) is 0 Å². The number of carbonyl (C=O) groups excluding carboxylic acids is 1. The van der Waals surface area contributed by atoms with Crippen LogP contribution < -0.4 is 14.8 Å². The SMILES string of the molecule is COc1ccc(CNCc2c(C(=O)N3CCCC3)nc3ccccn23)c(OC)c1. The molecule has 7 heteroatoms. The second-order valence-corrected chi connectivity index (χ2v) is 7.12. The van der Waals surface area contributed by atoms with Gasteiger partial charge >= 0.3 is 0 Å². The number of ether oxygens (including phenoxy) is 2. The Bertz CT molecular complexity index is 1010. The molecule has 1 amide bonds. The van der Waals surface area contributed by atoms with Crippen LogP contribution in [-0.4, -0.2) is 47.5 Å². The van der Waals surface area contributed by atoms with E-state index in [1.165, 1.54) is 0 Å². The fourth-order valence-electron chi connectivity index (χ4n) is 3.77. The second kappa shape index (κ2) is 8.53. The number of hydrogen-bond acceptors (Lipinski definition) is 5. The van der Waals surface area contributed by atoms with Crippen molar-refractivity contribution in [3.05, 3.63) is 59.5 Å². The third-order valence-corrected chi connectivity index (χ3v) is 5.33. The molecule has 3 heterocycles. The molecule has 0 bridgehead atoms. The maximum absolute atomic E-state index is 13.0. The molecule has 0 aliphatic carbocycles. The molecular weight excluding hydrogens is 368 g/mol. The molecule has 1 aliphatic rings. The summed E-state index contributed by atoms with van der Waals surface area (Å²) in [5.41, 5.74) is 3.22. The van der Waals surface area contributed by atoms with Gasteiger partial charge in [-0.2, -0.15) is 0 Å². The highest BCUT2D eigenvalue weighted by Gasteiger charge is 2.25. The van der Waals surface area contributed by atoms with Crippen LogP contribution >= 0.6 is 0 Å². The molecule has 29 heavy (non-hydrogen) atoms. The second-order valence-electron chi connectivity index (χ2n) is 7.12. The summed E-state index contributed by atoms with van der Waals surface area (Å²) in [5, 5.41) is 3.44. The Labute approximate surface area is 170 Å². The Hall–Kier alpha value is -3.06. The van der Waals surface area contributed by atoms with E-state index in [-0.39, 0.29) is 5.91 Å². The first-order valence-corrected chi connectivity index (χ1v) is 9.88. The zero-order chi connectivity index (χ0) is 20.2. The number of benzene rings is 1. The molecule has 4 rings (SSSR count). The topological polar surface area (TPSA) is 68.1 Å². The van der Waals surface area contributed by atoms with E-state index in [0.717, 1.165) is 54.3 Å². The minimum absolute atomic E-state index is 0.0185. The average molecular weight is 394 g/mol. The van der Waals surface area contributed by atoms with Gasteiger partial charge in [0.2, 0.25) is 0 Å². The molecular formula is C22H26N4O3.